The molecule has 0 saturated carbocycles. The summed E-state index contributed by atoms with van der Waals surface area (Å²) in [6, 6.07) is 8.73. The number of ether oxygens (including phenoxy) is 2. The Bertz CT molecular complexity index is 1180. The maximum absolute atomic E-state index is 15.1. The van der Waals surface area contributed by atoms with E-state index in [1.54, 1.807) is 32.7 Å². The minimum absolute atomic E-state index is 0.0763. The molecule has 0 amide bonds. The van der Waals surface area contributed by atoms with E-state index in [-0.39, 0.29) is 11.9 Å². The molecular formula is C22H23FN6O2. The number of rotatable bonds is 5. The topological polar surface area (TPSA) is 81.1 Å². The third kappa shape index (κ3) is 3.26. The van der Waals surface area contributed by atoms with E-state index in [4.69, 9.17) is 14.5 Å². The van der Waals surface area contributed by atoms with Crippen molar-refractivity contribution < 1.29 is 13.9 Å². The van der Waals surface area contributed by atoms with E-state index in [1.807, 2.05) is 18.2 Å². The van der Waals surface area contributed by atoms with Gasteiger partial charge in [0.25, 0.3) is 0 Å². The number of aromatic amines is 1. The van der Waals surface area contributed by atoms with Crippen molar-refractivity contribution in [1.29, 1.82) is 0 Å². The average molecular weight is 422 g/mol. The maximum Gasteiger partial charge on any atom is 0.163 e. The lowest BCUT2D eigenvalue weighted by atomic mass is 10.0. The lowest BCUT2D eigenvalue weighted by Gasteiger charge is -2.28. The van der Waals surface area contributed by atoms with E-state index in [0.717, 1.165) is 29.8 Å². The molecule has 160 valence electrons. The van der Waals surface area contributed by atoms with Gasteiger partial charge in [-0.3, -0.25) is 0 Å². The van der Waals surface area contributed by atoms with Crippen LogP contribution < -0.4 is 14.4 Å². The first kappa shape index (κ1) is 19.3. The average Bonchev–Trinajstić information content (AvgIpc) is 3.51. The highest BCUT2D eigenvalue weighted by Crippen LogP contribution is 2.41. The van der Waals surface area contributed by atoms with Crippen molar-refractivity contribution in [3.63, 3.8) is 0 Å². The van der Waals surface area contributed by atoms with Gasteiger partial charge in [0.15, 0.2) is 11.5 Å². The summed E-state index contributed by atoms with van der Waals surface area (Å²) in [5.41, 5.74) is 2.76. The first-order valence-corrected chi connectivity index (χ1v) is 10.1. The van der Waals surface area contributed by atoms with Crippen LogP contribution >= 0.6 is 0 Å². The van der Waals surface area contributed by atoms with E-state index in [1.165, 1.54) is 10.9 Å². The summed E-state index contributed by atoms with van der Waals surface area (Å²) in [7, 11) is 3.20. The minimum atomic E-state index is -0.312. The molecule has 8 nitrogen and oxygen atoms in total. The summed E-state index contributed by atoms with van der Waals surface area (Å²) >= 11 is 0. The van der Waals surface area contributed by atoms with Crippen LogP contribution in [0.1, 0.15) is 25.2 Å². The van der Waals surface area contributed by atoms with Gasteiger partial charge in [-0.2, -0.15) is 15.0 Å². The van der Waals surface area contributed by atoms with Crippen molar-refractivity contribution in [2.75, 3.05) is 25.7 Å². The molecule has 1 saturated heterocycles. The van der Waals surface area contributed by atoms with Crippen LogP contribution in [-0.4, -0.2) is 45.7 Å². The summed E-state index contributed by atoms with van der Waals surface area (Å²) in [6.07, 6.45) is 4.07. The fourth-order valence-electron chi connectivity index (χ4n) is 4.33. The highest BCUT2D eigenvalue weighted by molar-refractivity contribution is 5.80. The first-order chi connectivity index (χ1) is 15.1. The Kier molecular flexibility index (Phi) is 4.72. The number of nitrogens with zero attached hydrogens (tertiary/aromatic N) is 5. The summed E-state index contributed by atoms with van der Waals surface area (Å²) in [4.78, 5) is 11.7. The Hall–Kier alpha value is -3.62. The molecule has 31 heavy (non-hydrogen) atoms. The van der Waals surface area contributed by atoms with Crippen molar-refractivity contribution in [3.05, 3.63) is 54.4 Å². The first-order valence-electron chi connectivity index (χ1n) is 10.1. The molecule has 2 aromatic carbocycles. The predicted molar refractivity (Wildman–Crippen MR) is 114 cm³/mol. The summed E-state index contributed by atoms with van der Waals surface area (Å²) in [6.45, 7) is 2.91. The summed E-state index contributed by atoms with van der Waals surface area (Å²) in [5.74, 6) is 2.05. The zero-order valence-corrected chi connectivity index (χ0v) is 17.5. The van der Waals surface area contributed by atoms with E-state index < -0.39 is 0 Å². The molecule has 4 aromatic rings. The van der Waals surface area contributed by atoms with Gasteiger partial charge in [0.1, 0.15) is 11.6 Å². The predicted octanol–water partition coefficient (Wildman–Crippen LogP) is 3.89. The molecule has 1 aliphatic heterocycles. The summed E-state index contributed by atoms with van der Waals surface area (Å²) in [5, 5.41) is 8.14. The highest BCUT2D eigenvalue weighted by Gasteiger charge is 2.36. The molecule has 1 fully saturated rings. The summed E-state index contributed by atoms with van der Waals surface area (Å²) < 4.78 is 25.9. The van der Waals surface area contributed by atoms with Crippen LogP contribution in [0, 0.1) is 11.7 Å². The number of anilines is 1. The van der Waals surface area contributed by atoms with Gasteiger partial charge in [-0.15, -0.1) is 0 Å². The van der Waals surface area contributed by atoms with Crippen LogP contribution in [0.25, 0.3) is 16.7 Å². The van der Waals surface area contributed by atoms with Crippen molar-refractivity contribution >= 4 is 16.7 Å². The molecule has 0 spiro atoms. The molecule has 0 bridgehead atoms. The molecule has 0 unspecified atom stereocenters. The van der Waals surface area contributed by atoms with E-state index in [2.05, 4.69) is 27.0 Å². The fraction of sp³-hybridized carbons (Fsp3) is 0.318. The van der Waals surface area contributed by atoms with Crippen molar-refractivity contribution in [2.24, 2.45) is 5.92 Å². The smallest absolute Gasteiger partial charge is 0.163 e. The maximum atomic E-state index is 15.1. The Morgan fingerprint density at radius 2 is 1.81 bits per heavy atom. The van der Waals surface area contributed by atoms with Gasteiger partial charge in [-0.05, 0) is 24.5 Å². The number of H-pyrrole nitrogens is 1. The highest BCUT2D eigenvalue weighted by atomic mass is 19.1. The number of nitrogens with one attached hydrogen (secondary N) is 1. The van der Waals surface area contributed by atoms with Gasteiger partial charge >= 0.3 is 0 Å². The third-order valence-electron chi connectivity index (χ3n) is 5.88. The van der Waals surface area contributed by atoms with E-state index in [9.17, 15) is 0 Å². The van der Waals surface area contributed by atoms with Gasteiger partial charge in [0, 0.05) is 24.7 Å². The number of methoxy groups -OCH3 is 2. The van der Waals surface area contributed by atoms with Gasteiger partial charge < -0.3 is 19.4 Å². The quantitative estimate of drug-likeness (QED) is 0.526. The van der Waals surface area contributed by atoms with Crippen molar-refractivity contribution in [2.45, 2.75) is 19.4 Å². The molecule has 0 aliphatic carbocycles. The molecule has 5 rings (SSSR count). The van der Waals surface area contributed by atoms with Crippen LogP contribution in [0.2, 0.25) is 0 Å². The Morgan fingerprint density at radius 1 is 1.06 bits per heavy atom. The van der Waals surface area contributed by atoms with E-state index in [0.29, 0.717) is 28.8 Å². The van der Waals surface area contributed by atoms with Crippen LogP contribution in [0.3, 0.4) is 0 Å². The fourth-order valence-corrected chi connectivity index (χ4v) is 4.33. The van der Waals surface area contributed by atoms with Crippen molar-refractivity contribution in [3.8, 4) is 17.2 Å². The van der Waals surface area contributed by atoms with Crippen LogP contribution in [0.15, 0.2) is 42.7 Å². The second-order valence-electron chi connectivity index (χ2n) is 7.70. The molecule has 0 radical (unpaired) electrons. The molecule has 9 heteroatoms. The van der Waals surface area contributed by atoms with Gasteiger partial charge in [-0.1, -0.05) is 6.92 Å². The second-order valence-corrected chi connectivity index (χ2v) is 7.70. The second kappa shape index (κ2) is 7.57. The van der Waals surface area contributed by atoms with Gasteiger partial charge in [0.05, 0.1) is 55.1 Å². The molecule has 3 heterocycles. The molecule has 2 atom stereocenters. The van der Waals surface area contributed by atoms with E-state index >= 15 is 4.39 Å². The number of fused-ring (bicyclic) bond motifs is 1. The molecule has 1 aliphatic rings. The third-order valence-corrected chi connectivity index (χ3v) is 5.88. The number of hydrogen-bond donors (Lipinski definition) is 1. The lowest BCUT2D eigenvalue weighted by Crippen LogP contribution is -2.26. The Labute approximate surface area is 178 Å². The number of aromatic nitrogens is 5. The molecular weight excluding hydrogens is 399 g/mol. The number of halogens is 1. The number of hydrogen-bond acceptors (Lipinski definition) is 6. The van der Waals surface area contributed by atoms with Crippen LogP contribution in [-0.2, 0) is 0 Å². The molecule has 1 N–H and O–H groups in total. The monoisotopic (exact) mass is 422 g/mol. The van der Waals surface area contributed by atoms with Crippen LogP contribution in [0.5, 0.6) is 11.5 Å². The largest absolute Gasteiger partial charge is 0.493 e. The zero-order chi connectivity index (χ0) is 21.5. The normalized spacial score (nSPS) is 18.6. The number of benzene rings is 2. The van der Waals surface area contributed by atoms with Crippen LogP contribution in [0.4, 0.5) is 10.1 Å². The Morgan fingerprint density at radius 3 is 2.52 bits per heavy atom. The zero-order valence-electron chi connectivity index (χ0n) is 17.5. The SMILES string of the molecule is COc1cc2nc([C@@H]3[C@@H](C)CCN3c3ccc(-n4nccn4)cc3F)[nH]c2cc1OC. The Balaban J connectivity index is 1.53. The lowest BCUT2D eigenvalue weighted by molar-refractivity contribution is 0.356. The van der Waals surface area contributed by atoms with Gasteiger partial charge in [0.2, 0.25) is 0 Å². The number of imidazole rings is 1. The minimum Gasteiger partial charge on any atom is -0.493 e. The van der Waals surface area contributed by atoms with Gasteiger partial charge in [-0.25, -0.2) is 9.37 Å². The van der Waals surface area contributed by atoms with Crippen molar-refractivity contribution in [1.82, 2.24) is 25.0 Å². The standard InChI is InChI=1S/C22H23FN6O2/c1-13-6-9-28(18-5-4-14(10-15(18)23)29-24-7-8-25-29)21(13)22-26-16-11-19(30-2)20(31-3)12-17(16)27-22/h4-5,7-8,10-13,21H,6,9H2,1-3H3,(H,26,27)/t13-,21-/m0/s1. The molecule has 2 aromatic heterocycles.